The summed E-state index contributed by atoms with van der Waals surface area (Å²) in [6.07, 6.45) is 3.70. The van der Waals surface area contributed by atoms with E-state index >= 15 is 0 Å². The van der Waals surface area contributed by atoms with E-state index in [1.807, 2.05) is 0 Å². The largest absolute Gasteiger partial charge is 0.310 e. The number of benzene rings is 1. The van der Waals surface area contributed by atoms with E-state index in [1.165, 1.54) is 24.0 Å². The molecule has 1 aliphatic carbocycles. The zero-order valence-electron chi connectivity index (χ0n) is 8.52. The van der Waals surface area contributed by atoms with Gasteiger partial charge >= 0.3 is 0 Å². The standard InChI is InChI=1S/C12H16ClN/c1-2-9-3-4-10(12(13)7-9)8-14-11-5-6-11/h3-4,7,11,14H,2,5-6,8H2,1H3. The molecule has 0 aliphatic heterocycles. The lowest BCUT2D eigenvalue weighted by atomic mass is 10.1. The van der Waals surface area contributed by atoms with E-state index in [-0.39, 0.29) is 0 Å². The molecular formula is C12H16ClN. The normalized spacial score (nSPS) is 15.9. The smallest absolute Gasteiger partial charge is 0.0453 e. The molecule has 1 saturated carbocycles. The maximum absolute atomic E-state index is 6.17. The van der Waals surface area contributed by atoms with Gasteiger partial charge in [-0.1, -0.05) is 30.7 Å². The molecule has 1 N–H and O–H groups in total. The molecular weight excluding hydrogens is 194 g/mol. The van der Waals surface area contributed by atoms with Crippen LogP contribution in [0, 0.1) is 0 Å². The van der Waals surface area contributed by atoms with Crippen LogP contribution in [0.3, 0.4) is 0 Å². The predicted octanol–water partition coefficient (Wildman–Crippen LogP) is 3.15. The van der Waals surface area contributed by atoms with E-state index in [2.05, 4.69) is 30.4 Å². The molecule has 0 radical (unpaired) electrons. The van der Waals surface area contributed by atoms with Gasteiger partial charge in [0.25, 0.3) is 0 Å². The summed E-state index contributed by atoms with van der Waals surface area (Å²) in [6.45, 7) is 3.06. The van der Waals surface area contributed by atoms with Crippen LogP contribution >= 0.6 is 11.6 Å². The number of hydrogen-bond donors (Lipinski definition) is 1. The Bertz CT molecular complexity index is 318. The van der Waals surface area contributed by atoms with Crippen molar-refractivity contribution in [2.45, 2.75) is 38.8 Å². The Morgan fingerprint density at radius 1 is 1.43 bits per heavy atom. The lowest BCUT2D eigenvalue weighted by molar-refractivity contribution is 0.688. The minimum absolute atomic E-state index is 0.747. The molecule has 0 heterocycles. The highest BCUT2D eigenvalue weighted by Gasteiger charge is 2.20. The first-order valence-corrected chi connectivity index (χ1v) is 5.68. The summed E-state index contributed by atoms with van der Waals surface area (Å²) in [4.78, 5) is 0. The van der Waals surface area contributed by atoms with Crippen LogP contribution in [0.2, 0.25) is 5.02 Å². The lowest BCUT2D eigenvalue weighted by Gasteiger charge is -2.06. The van der Waals surface area contributed by atoms with Crippen LogP contribution in [0.4, 0.5) is 0 Å². The number of halogens is 1. The molecule has 0 unspecified atom stereocenters. The van der Waals surface area contributed by atoms with Crippen molar-refractivity contribution >= 4 is 11.6 Å². The molecule has 0 saturated heterocycles. The molecule has 2 rings (SSSR count). The summed E-state index contributed by atoms with van der Waals surface area (Å²) in [5, 5.41) is 4.37. The monoisotopic (exact) mass is 209 g/mol. The Hall–Kier alpha value is -0.530. The van der Waals surface area contributed by atoms with Crippen LogP contribution in [0.15, 0.2) is 18.2 Å². The molecule has 76 valence electrons. The topological polar surface area (TPSA) is 12.0 Å². The highest BCUT2D eigenvalue weighted by molar-refractivity contribution is 6.31. The molecule has 1 aliphatic rings. The van der Waals surface area contributed by atoms with E-state index in [9.17, 15) is 0 Å². The summed E-state index contributed by atoms with van der Waals surface area (Å²) < 4.78 is 0. The van der Waals surface area contributed by atoms with Gasteiger partial charge in [-0.2, -0.15) is 0 Å². The van der Waals surface area contributed by atoms with Crippen LogP contribution in [-0.4, -0.2) is 6.04 Å². The van der Waals surface area contributed by atoms with Gasteiger partial charge in [-0.05, 0) is 36.5 Å². The zero-order chi connectivity index (χ0) is 9.97. The van der Waals surface area contributed by atoms with Crippen molar-refractivity contribution in [2.75, 3.05) is 0 Å². The summed E-state index contributed by atoms with van der Waals surface area (Å²) in [6, 6.07) is 7.12. The Kier molecular flexibility index (Phi) is 3.09. The summed E-state index contributed by atoms with van der Waals surface area (Å²) in [7, 11) is 0. The highest BCUT2D eigenvalue weighted by Crippen LogP contribution is 2.22. The van der Waals surface area contributed by atoms with E-state index < -0.39 is 0 Å². The van der Waals surface area contributed by atoms with Crippen LogP contribution in [-0.2, 0) is 13.0 Å². The Morgan fingerprint density at radius 2 is 2.21 bits per heavy atom. The molecule has 0 atom stereocenters. The fraction of sp³-hybridized carbons (Fsp3) is 0.500. The third-order valence-corrected chi connectivity index (χ3v) is 3.04. The van der Waals surface area contributed by atoms with Crippen LogP contribution < -0.4 is 5.32 Å². The molecule has 0 bridgehead atoms. The van der Waals surface area contributed by atoms with Crippen LogP contribution in [0.25, 0.3) is 0 Å². The van der Waals surface area contributed by atoms with Crippen molar-refractivity contribution < 1.29 is 0 Å². The maximum atomic E-state index is 6.17. The quantitative estimate of drug-likeness (QED) is 0.804. The molecule has 0 amide bonds. The second-order valence-corrected chi connectivity index (χ2v) is 4.34. The van der Waals surface area contributed by atoms with Gasteiger partial charge in [0.1, 0.15) is 0 Å². The molecule has 1 fully saturated rings. The summed E-state index contributed by atoms with van der Waals surface area (Å²) in [5.74, 6) is 0. The SMILES string of the molecule is CCc1ccc(CNC2CC2)c(Cl)c1. The maximum Gasteiger partial charge on any atom is 0.0453 e. The molecule has 0 spiro atoms. The van der Waals surface area contributed by atoms with Gasteiger partial charge in [0.05, 0.1) is 0 Å². The summed E-state index contributed by atoms with van der Waals surface area (Å²) in [5.41, 5.74) is 2.53. The van der Waals surface area contributed by atoms with Crippen molar-refractivity contribution in [3.05, 3.63) is 34.3 Å². The fourth-order valence-corrected chi connectivity index (χ4v) is 1.77. The van der Waals surface area contributed by atoms with Crippen molar-refractivity contribution in [3.63, 3.8) is 0 Å². The molecule has 2 heteroatoms. The van der Waals surface area contributed by atoms with Crippen molar-refractivity contribution in [1.29, 1.82) is 0 Å². The van der Waals surface area contributed by atoms with Gasteiger partial charge < -0.3 is 5.32 Å². The second-order valence-electron chi connectivity index (χ2n) is 3.93. The van der Waals surface area contributed by atoms with Crippen molar-refractivity contribution in [3.8, 4) is 0 Å². The second kappa shape index (κ2) is 4.33. The van der Waals surface area contributed by atoms with E-state index in [4.69, 9.17) is 11.6 Å². The number of nitrogens with one attached hydrogen (secondary N) is 1. The molecule has 1 nitrogen and oxygen atoms in total. The minimum Gasteiger partial charge on any atom is -0.310 e. The Balaban J connectivity index is 2.01. The van der Waals surface area contributed by atoms with Gasteiger partial charge in [-0.15, -0.1) is 0 Å². The number of hydrogen-bond acceptors (Lipinski definition) is 1. The first-order valence-electron chi connectivity index (χ1n) is 5.30. The first kappa shape index (κ1) is 10.0. The molecule has 14 heavy (non-hydrogen) atoms. The third kappa shape index (κ3) is 2.49. The number of aryl methyl sites for hydroxylation is 1. The number of rotatable bonds is 4. The Labute approximate surface area is 90.5 Å². The predicted molar refractivity (Wildman–Crippen MR) is 60.7 cm³/mol. The third-order valence-electron chi connectivity index (χ3n) is 2.68. The van der Waals surface area contributed by atoms with Crippen molar-refractivity contribution in [1.82, 2.24) is 5.32 Å². The van der Waals surface area contributed by atoms with Gasteiger partial charge in [-0.25, -0.2) is 0 Å². The average molecular weight is 210 g/mol. The lowest BCUT2D eigenvalue weighted by Crippen LogP contribution is -2.15. The van der Waals surface area contributed by atoms with E-state index in [0.717, 1.165) is 24.0 Å². The van der Waals surface area contributed by atoms with Crippen LogP contribution in [0.5, 0.6) is 0 Å². The van der Waals surface area contributed by atoms with Gasteiger partial charge in [0.15, 0.2) is 0 Å². The van der Waals surface area contributed by atoms with E-state index in [1.54, 1.807) is 0 Å². The molecule has 1 aromatic carbocycles. The zero-order valence-corrected chi connectivity index (χ0v) is 9.27. The molecule has 1 aromatic rings. The van der Waals surface area contributed by atoms with Gasteiger partial charge in [0.2, 0.25) is 0 Å². The van der Waals surface area contributed by atoms with Crippen LogP contribution in [0.1, 0.15) is 30.9 Å². The first-order chi connectivity index (χ1) is 6.79. The van der Waals surface area contributed by atoms with E-state index in [0.29, 0.717) is 0 Å². The van der Waals surface area contributed by atoms with Gasteiger partial charge in [-0.3, -0.25) is 0 Å². The Morgan fingerprint density at radius 3 is 2.79 bits per heavy atom. The molecule has 0 aromatic heterocycles. The highest BCUT2D eigenvalue weighted by atomic mass is 35.5. The minimum atomic E-state index is 0.747. The van der Waals surface area contributed by atoms with Gasteiger partial charge in [0, 0.05) is 17.6 Å². The summed E-state index contributed by atoms with van der Waals surface area (Å²) >= 11 is 6.17. The average Bonchev–Trinajstić information content (AvgIpc) is 2.99. The fourth-order valence-electron chi connectivity index (χ4n) is 1.50. The van der Waals surface area contributed by atoms with Crippen molar-refractivity contribution in [2.24, 2.45) is 0 Å².